The van der Waals surface area contributed by atoms with Crippen molar-refractivity contribution in [2.45, 2.75) is 142 Å². The van der Waals surface area contributed by atoms with E-state index in [9.17, 15) is 10.2 Å². The van der Waals surface area contributed by atoms with Crippen molar-refractivity contribution in [1.29, 1.82) is 0 Å². The number of morpholine rings is 1. The summed E-state index contributed by atoms with van der Waals surface area (Å²) in [6.45, 7) is 18.5. The van der Waals surface area contributed by atoms with E-state index in [1.165, 1.54) is 38.5 Å². The third-order valence-corrected chi connectivity index (χ3v) is 15.6. The first-order chi connectivity index (χ1) is 20.1. The maximum atomic E-state index is 12.5. The summed E-state index contributed by atoms with van der Waals surface area (Å²) < 4.78 is 25.6. The second-order valence-electron chi connectivity index (χ2n) is 18.1. The second-order valence-corrected chi connectivity index (χ2v) is 18.1. The number of fused-ring (bicyclic) bond motifs is 4. The maximum absolute atomic E-state index is 12.5. The van der Waals surface area contributed by atoms with Crippen LogP contribution < -0.4 is 0 Å². The van der Waals surface area contributed by atoms with Gasteiger partial charge in [-0.15, -0.1) is 0 Å². The number of hydrogen-bond acceptors (Lipinski definition) is 7. The molecule has 0 amide bonds. The highest BCUT2D eigenvalue weighted by Crippen LogP contribution is 2.89. The van der Waals surface area contributed by atoms with E-state index in [0.717, 1.165) is 32.5 Å². The molecule has 5 unspecified atom stereocenters. The van der Waals surface area contributed by atoms with E-state index >= 15 is 0 Å². The zero-order valence-corrected chi connectivity index (χ0v) is 28.5. The predicted molar refractivity (Wildman–Crippen MR) is 165 cm³/mol. The largest absolute Gasteiger partial charge is 0.390 e. The van der Waals surface area contributed by atoms with Crippen molar-refractivity contribution in [2.24, 2.45) is 50.7 Å². The average molecular weight is 604 g/mol. The van der Waals surface area contributed by atoms with Crippen LogP contribution in [0.3, 0.4) is 0 Å². The van der Waals surface area contributed by atoms with Gasteiger partial charge >= 0.3 is 0 Å². The number of aliphatic hydroxyl groups excluding tert-OH is 1. The van der Waals surface area contributed by atoms with E-state index in [4.69, 9.17) is 18.9 Å². The van der Waals surface area contributed by atoms with Gasteiger partial charge in [0.05, 0.1) is 36.6 Å². The quantitative estimate of drug-likeness (QED) is 0.444. The van der Waals surface area contributed by atoms with Crippen molar-refractivity contribution in [1.82, 2.24) is 4.90 Å². The average Bonchev–Trinajstić information content (AvgIpc) is 3.55. The lowest BCUT2D eigenvalue weighted by atomic mass is 9.41. The monoisotopic (exact) mass is 603 g/mol. The fourth-order valence-electron chi connectivity index (χ4n) is 13.6. The number of hydrogen-bond donors (Lipinski definition) is 2. The van der Waals surface area contributed by atoms with Gasteiger partial charge in [-0.25, -0.2) is 0 Å². The fraction of sp³-hybridized carbons (Fsp3) is 1.00. The molecule has 7 fully saturated rings. The predicted octanol–water partition coefficient (Wildman–Crippen LogP) is 5.26. The summed E-state index contributed by atoms with van der Waals surface area (Å²) in [5.74, 6) is 1.89. The lowest BCUT2D eigenvalue weighted by molar-refractivity contribution is -0.247. The Morgan fingerprint density at radius 2 is 1.70 bits per heavy atom. The van der Waals surface area contributed by atoms with Gasteiger partial charge in [0, 0.05) is 25.6 Å². The van der Waals surface area contributed by atoms with Crippen molar-refractivity contribution in [3.63, 3.8) is 0 Å². The molecular formula is C36H61NO6. The molecule has 0 aromatic rings. The molecule has 2 spiro atoms. The van der Waals surface area contributed by atoms with E-state index in [1.807, 2.05) is 13.8 Å². The minimum absolute atomic E-state index is 0.0332. The highest BCUT2D eigenvalue weighted by atomic mass is 16.7. The van der Waals surface area contributed by atoms with Crippen LogP contribution in [-0.4, -0.2) is 91.4 Å². The Morgan fingerprint density at radius 1 is 1.00 bits per heavy atom. The normalized spacial score (nSPS) is 54.9. The lowest BCUT2D eigenvalue weighted by Crippen LogP contribution is -2.60. The Bertz CT molecular complexity index is 1090. The number of methoxy groups -OCH3 is 1. The van der Waals surface area contributed by atoms with Crippen molar-refractivity contribution >= 4 is 0 Å². The lowest BCUT2D eigenvalue weighted by Gasteiger charge is -2.64. The molecule has 2 heterocycles. The molecule has 0 aromatic heterocycles. The second kappa shape index (κ2) is 9.87. The zero-order valence-electron chi connectivity index (χ0n) is 28.5. The smallest absolute Gasteiger partial charge is 0.170 e. The van der Waals surface area contributed by atoms with Crippen molar-refractivity contribution < 1.29 is 29.2 Å². The standard InChI is InChI=1S/C36H61NO6/c1-21-18-22(30(40-9)32(4,5)39)42-28-27(21)33(6)14-15-36-20-35(36)13-12-25(43-26-19-37(8)16-17-41-26)31(2,3)23(35)10-11-24(36)34(33,7)29(28)38/h21-30,38-39H,10-20H2,1-9H3/t21-,22?,23?,24?,25+,26+,27+,28?,29+,30+,33-,34-,35-,36?/m1/s1. The molecule has 7 nitrogen and oxygen atoms in total. The van der Waals surface area contributed by atoms with Crippen molar-refractivity contribution in [3.8, 4) is 0 Å². The highest BCUT2D eigenvalue weighted by Gasteiger charge is 2.84. The Kier molecular flexibility index (Phi) is 7.19. The van der Waals surface area contributed by atoms with Crippen LogP contribution in [0.1, 0.15) is 99.8 Å². The van der Waals surface area contributed by atoms with Crippen LogP contribution in [0.25, 0.3) is 0 Å². The Balaban J connectivity index is 1.15. The molecule has 14 atom stereocenters. The van der Waals surface area contributed by atoms with Crippen molar-refractivity contribution in [3.05, 3.63) is 0 Å². The molecule has 43 heavy (non-hydrogen) atoms. The molecule has 7 aliphatic rings. The number of aliphatic hydroxyl groups is 2. The molecule has 7 heteroatoms. The molecule has 246 valence electrons. The Labute approximate surface area is 260 Å². The van der Waals surface area contributed by atoms with Crippen LogP contribution in [0.5, 0.6) is 0 Å². The van der Waals surface area contributed by atoms with Crippen LogP contribution in [0.2, 0.25) is 0 Å². The molecule has 7 rings (SSSR count). The summed E-state index contributed by atoms with van der Waals surface area (Å²) in [5.41, 5.74) is -0.356. The van der Waals surface area contributed by atoms with E-state index in [2.05, 4.69) is 46.6 Å². The van der Waals surface area contributed by atoms with Crippen LogP contribution in [-0.2, 0) is 18.9 Å². The summed E-state index contributed by atoms with van der Waals surface area (Å²) in [4.78, 5) is 2.32. The SMILES string of the molecule is CO[C@@H](C1C[C@@H](C)[C@H]2C(O1)[C@H](O)[C@@]1(C)C3CCC4C(C)(C)[C@@H](O[C@H]5CN(C)CCO5)CC[C@@]45CC35CC[C@]21C)C(C)(C)O. The summed E-state index contributed by atoms with van der Waals surface area (Å²) in [5, 5.41) is 23.4. The van der Waals surface area contributed by atoms with E-state index in [-0.39, 0.29) is 40.8 Å². The van der Waals surface area contributed by atoms with Gasteiger partial charge < -0.3 is 29.2 Å². The maximum Gasteiger partial charge on any atom is 0.170 e. The van der Waals surface area contributed by atoms with Gasteiger partial charge in [-0.1, -0.05) is 34.6 Å². The number of ether oxygens (including phenoxy) is 4. The molecule has 2 aliphatic heterocycles. The van der Waals surface area contributed by atoms with Gasteiger partial charge in [-0.3, -0.25) is 4.90 Å². The molecule has 5 aliphatic carbocycles. The van der Waals surface area contributed by atoms with Crippen LogP contribution in [0.4, 0.5) is 0 Å². The van der Waals surface area contributed by atoms with Crippen LogP contribution in [0.15, 0.2) is 0 Å². The zero-order chi connectivity index (χ0) is 31.0. The molecule has 2 saturated heterocycles. The minimum Gasteiger partial charge on any atom is -0.390 e. The first kappa shape index (κ1) is 31.3. The molecule has 2 N–H and O–H groups in total. The highest BCUT2D eigenvalue weighted by molar-refractivity contribution is 5.33. The summed E-state index contributed by atoms with van der Waals surface area (Å²) in [6.07, 6.45) is 8.18. The molecule has 0 bridgehead atoms. The third kappa shape index (κ3) is 4.04. The van der Waals surface area contributed by atoms with E-state index in [0.29, 0.717) is 34.5 Å². The number of rotatable bonds is 5. The van der Waals surface area contributed by atoms with E-state index in [1.54, 1.807) is 7.11 Å². The van der Waals surface area contributed by atoms with Crippen molar-refractivity contribution in [2.75, 3.05) is 33.9 Å². The summed E-state index contributed by atoms with van der Waals surface area (Å²) >= 11 is 0. The number of nitrogens with zero attached hydrogens (tertiary/aromatic N) is 1. The first-order valence-electron chi connectivity index (χ1n) is 17.6. The van der Waals surface area contributed by atoms with Gasteiger partial charge in [0.25, 0.3) is 0 Å². The first-order valence-corrected chi connectivity index (χ1v) is 17.6. The van der Waals surface area contributed by atoms with Crippen LogP contribution >= 0.6 is 0 Å². The molecule has 0 aromatic carbocycles. The Morgan fingerprint density at radius 3 is 2.37 bits per heavy atom. The molecule has 5 saturated carbocycles. The van der Waals surface area contributed by atoms with E-state index < -0.39 is 17.8 Å². The minimum atomic E-state index is -1.01. The summed E-state index contributed by atoms with van der Waals surface area (Å²) in [7, 11) is 3.84. The number of likely N-dealkylation sites (N-methyl/N-ethyl adjacent to an activating group) is 1. The van der Waals surface area contributed by atoms with Gasteiger partial charge in [0.15, 0.2) is 6.29 Å². The Hall–Kier alpha value is -0.280. The summed E-state index contributed by atoms with van der Waals surface area (Å²) in [6, 6.07) is 0. The van der Waals surface area contributed by atoms with Gasteiger partial charge in [-0.2, -0.15) is 0 Å². The fourth-order valence-corrected chi connectivity index (χ4v) is 13.6. The molecule has 0 radical (unpaired) electrons. The third-order valence-electron chi connectivity index (χ3n) is 15.6. The van der Waals surface area contributed by atoms with Gasteiger partial charge in [-0.05, 0) is 118 Å². The van der Waals surface area contributed by atoms with Gasteiger partial charge in [0.2, 0.25) is 0 Å². The van der Waals surface area contributed by atoms with Gasteiger partial charge in [0.1, 0.15) is 6.10 Å². The molecular weight excluding hydrogens is 542 g/mol. The van der Waals surface area contributed by atoms with Crippen LogP contribution in [0, 0.1) is 50.7 Å². The topological polar surface area (TPSA) is 80.6 Å².